The van der Waals surface area contributed by atoms with Gasteiger partial charge in [0, 0.05) is 54.2 Å². The van der Waals surface area contributed by atoms with E-state index in [-0.39, 0.29) is 18.4 Å². The van der Waals surface area contributed by atoms with Crippen molar-refractivity contribution < 1.29 is 38.3 Å². The molecule has 0 aliphatic rings. The first-order valence-electron chi connectivity index (χ1n) is 42.2. The summed E-state index contributed by atoms with van der Waals surface area (Å²) in [6.07, 6.45) is 7.22. The highest BCUT2D eigenvalue weighted by molar-refractivity contribution is 14.1. The van der Waals surface area contributed by atoms with Crippen molar-refractivity contribution in [2.45, 2.75) is 197 Å². The number of imidazole rings is 4. The molecule has 0 saturated heterocycles. The van der Waals surface area contributed by atoms with Crippen LogP contribution in [-0.4, -0.2) is 82.6 Å². The summed E-state index contributed by atoms with van der Waals surface area (Å²) >= 11 is 11.4. The van der Waals surface area contributed by atoms with E-state index in [1.165, 1.54) is 37.7 Å². The number of nitrogens with one attached hydrogen (secondary N) is 2. The lowest BCUT2D eigenvalue weighted by atomic mass is 10.1. The number of pyridine rings is 2. The smallest absolute Gasteiger partial charge is 0.136 e. The van der Waals surface area contributed by atoms with E-state index in [9.17, 15) is 5.11 Å². The van der Waals surface area contributed by atoms with Crippen LogP contribution in [0.2, 0.25) is 0 Å². The number of ether oxygens (including phenoxy) is 7. The van der Waals surface area contributed by atoms with Gasteiger partial charge in [-0.1, -0.05) is 257 Å². The molecule has 18 nitrogen and oxygen atoms in total. The Hall–Kier alpha value is -10.0. The first kappa shape index (κ1) is 100. The zero-order chi connectivity index (χ0) is 90.9. The number of aromatic nitrogens is 10. The van der Waals surface area contributed by atoms with Gasteiger partial charge in [-0.2, -0.15) is 0 Å². The standard InChI is InChI=1S/C27H29N3O2S.C21H24N2O2S.C20H23N3O2S.C14H17IN2O.C14H14OS2.C7H8S/c1-20(2)26-27(33-24-11-7-10-23(16-24)31-3)30(17-21-12-14-28-15-13-21)25(29-26)19-32-18-22-8-5-4-6-9-22;1-15(2)20-21(26-18-11-7-10-17(12-18)24-3)23-19(22-20)14-25-13-16-8-5-4-6-9-16;1-14(2)19-20(26-17-6-4-5-16(11-17)25-3)23(18(13-24)22-19)12-15-7-9-21-10-8-15;1-10(2)13-14(15)17-12(16-13)9-18-8-11-6-4-3-5-7-11;1-11-5-3-7-13(9-11)16-17-14-8-4-6-12(10-14)15-2;1-6-3-2-4-7(8)5-6/h4-16,20H,17-19H2,1-3H3;4-12,15H,13-14H2,1-3H3,(H,22,23);4-11,14,24H,12-13H2,1-3H3;3-7,10H,8-9H2,1-2H3,(H,16,17);3-10H,1-2H3;2-5,8H,1H3. The first-order valence-corrected chi connectivity index (χ1v) is 48.3. The van der Waals surface area contributed by atoms with Gasteiger partial charge >= 0.3 is 0 Å². The lowest BCUT2D eigenvalue weighted by Gasteiger charge is -2.14. The Labute approximate surface area is 795 Å². The fourth-order valence-electron chi connectivity index (χ4n) is 12.6. The number of rotatable bonds is 34. The summed E-state index contributed by atoms with van der Waals surface area (Å²) in [6, 6.07) is 87.5. The fourth-order valence-corrected chi connectivity index (χ4v) is 19.5. The van der Waals surface area contributed by atoms with Gasteiger partial charge in [0.05, 0.1) is 84.1 Å². The number of halogens is 1. The molecule has 25 heteroatoms. The number of benzene rings is 9. The van der Waals surface area contributed by atoms with E-state index in [0.717, 1.165) is 113 Å². The van der Waals surface area contributed by atoms with Gasteiger partial charge in [-0.25, -0.2) is 19.9 Å². The number of hydrogen-bond donors (Lipinski definition) is 4. The summed E-state index contributed by atoms with van der Waals surface area (Å²) in [5, 5.41) is 13.0. The number of hydrogen-bond acceptors (Lipinski definition) is 20. The summed E-state index contributed by atoms with van der Waals surface area (Å²) < 4.78 is 44.3. The second kappa shape index (κ2) is 53.8. The number of aromatic amines is 2. The van der Waals surface area contributed by atoms with Crippen molar-refractivity contribution in [3.63, 3.8) is 0 Å². The van der Waals surface area contributed by atoms with Gasteiger partial charge in [-0.05, 0) is 215 Å². The third-order valence-corrected chi connectivity index (χ3v) is 25.9. The zero-order valence-corrected chi connectivity index (χ0v) is 82.2. The topological polar surface area (TPSA) is 204 Å². The minimum absolute atomic E-state index is 0.0938. The van der Waals surface area contributed by atoms with Gasteiger partial charge in [-0.15, -0.1) is 12.6 Å². The minimum Gasteiger partial charge on any atom is -0.497 e. The predicted octanol–water partition coefficient (Wildman–Crippen LogP) is 26.8. The monoisotopic (exact) mass is 1940 g/mol. The average Bonchev–Trinajstić information content (AvgIpc) is 1.65. The zero-order valence-electron chi connectivity index (χ0n) is 75.1. The Morgan fingerprint density at radius 3 is 1.12 bits per heavy atom. The Bertz CT molecular complexity index is 5750. The quantitative estimate of drug-likeness (QED) is 0.0168. The van der Waals surface area contributed by atoms with E-state index in [2.05, 4.69) is 236 Å². The van der Waals surface area contributed by atoms with E-state index >= 15 is 0 Å². The van der Waals surface area contributed by atoms with Crippen LogP contribution < -0.4 is 18.9 Å². The van der Waals surface area contributed by atoms with E-state index in [1.807, 2.05) is 176 Å². The van der Waals surface area contributed by atoms with Crippen molar-refractivity contribution in [2.24, 2.45) is 0 Å². The van der Waals surface area contributed by atoms with Crippen molar-refractivity contribution in [1.82, 2.24) is 49.0 Å². The van der Waals surface area contributed by atoms with Crippen LogP contribution in [0.3, 0.4) is 0 Å². The number of aliphatic hydroxyl groups is 1. The van der Waals surface area contributed by atoms with Gasteiger partial charge in [0.15, 0.2) is 0 Å². The Morgan fingerprint density at radius 1 is 0.367 bits per heavy atom. The number of thiol groups is 1. The average molecular weight is 1940 g/mol. The molecule has 0 amide bonds. The molecule has 0 aliphatic carbocycles. The normalized spacial score (nSPS) is 10.9. The van der Waals surface area contributed by atoms with E-state index in [1.54, 1.807) is 97.7 Å². The molecule has 0 bridgehead atoms. The molecule has 15 aromatic rings. The SMILES string of the molecule is CC(C)c1[nH]c(COCc2ccccc2)nc1I.COc1cccc(SSc2cccc(C)c2)c1.COc1cccc(Sc2c(C(C)C)nc(CO)n2Cc2ccncc2)c1.COc1cccc(Sc2c(C(C)C)nc(COCc3ccccc3)n2Cc2ccncc2)c1.COc1cccc(Sc2nc(COCc3ccccc3)[nH]c2C(C)C)c1.Cc1cccc(S)c1. The minimum atomic E-state index is -0.0938. The lowest BCUT2D eigenvalue weighted by Crippen LogP contribution is -2.08. The van der Waals surface area contributed by atoms with Crippen LogP contribution in [0.1, 0.15) is 164 Å². The van der Waals surface area contributed by atoms with Gasteiger partial charge < -0.3 is 57.4 Å². The van der Waals surface area contributed by atoms with E-state index in [4.69, 9.17) is 48.1 Å². The highest BCUT2D eigenvalue weighted by atomic mass is 127. The molecule has 128 heavy (non-hydrogen) atoms. The van der Waals surface area contributed by atoms with Crippen LogP contribution in [0.15, 0.2) is 330 Å². The summed E-state index contributed by atoms with van der Waals surface area (Å²) in [5.41, 5.74) is 12.7. The van der Waals surface area contributed by atoms with Crippen molar-refractivity contribution in [3.05, 3.63) is 374 Å². The first-order chi connectivity index (χ1) is 62.1. The molecular formula is C103H115IN10O8S6. The maximum atomic E-state index is 9.84. The second-order valence-electron chi connectivity index (χ2n) is 30.7. The van der Waals surface area contributed by atoms with Crippen LogP contribution >= 0.6 is 92.1 Å². The van der Waals surface area contributed by atoms with Gasteiger partial charge in [0.1, 0.15) is 91.5 Å². The number of nitrogens with zero attached hydrogens (tertiary/aromatic N) is 8. The number of H-pyrrole nitrogens is 2. The van der Waals surface area contributed by atoms with Crippen molar-refractivity contribution in [1.29, 1.82) is 0 Å². The Balaban J connectivity index is 0.000000166. The molecule has 0 unspecified atom stereocenters. The number of aliphatic hydroxyl groups excluding tert-OH is 1. The number of aryl methyl sites for hydroxylation is 2. The van der Waals surface area contributed by atoms with Crippen LogP contribution in [0.5, 0.6) is 23.0 Å². The third-order valence-electron chi connectivity index (χ3n) is 19.2. The second-order valence-corrected chi connectivity index (χ2v) is 37.7. The highest BCUT2D eigenvalue weighted by Crippen LogP contribution is 2.42. The molecule has 6 aromatic heterocycles. The maximum Gasteiger partial charge on any atom is 0.136 e. The van der Waals surface area contributed by atoms with Gasteiger partial charge in [0.25, 0.3) is 0 Å². The molecular weight excluding hydrogens is 1820 g/mol. The van der Waals surface area contributed by atoms with Crippen molar-refractivity contribution in [3.8, 4) is 23.0 Å². The van der Waals surface area contributed by atoms with Crippen LogP contribution in [0, 0.1) is 17.5 Å². The predicted molar refractivity (Wildman–Crippen MR) is 534 cm³/mol. The molecule has 0 fully saturated rings. The van der Waals surface area contributed by atoms with Crippen molar-refractivity contribution >= 4 is 92.1 Å². The van der Waals surface area contributed by atoms with Gasteiger partial charge in [0.2, 0.25) is 0 Å². The van der Waals surface area contributed by atoms with Crippen molar-refractivity contribution in [2.75, 3.05) is 28.4 Å². The summed E-state index contributed by atoms with van der Waals surface area (Å²) in [6.45, 7) is 25.9. The third kappa shape index (κ3) is 33.2. The van der Waals surface area contributed by atoms with Crippen LogP contribution in [0.4, 0.5) is 0 Å². The number of methoxy groups -OCH3 is 4. The lowest BCUT2D eigenvalue weighted by molar-refractivity contribution is 0.0991. The largest absolute Gasteiger partial charge is 0.497 e. The molecule has 0 saturated carbocycles. The highest BCUT2D eigenvalue weighted by Gasteiger charge is 2.24. The Kier molecular flexibility index (Phi) is 42.1. The molecule has 15 rings (SSSR count). The van der Waals surface area contributed by atoms with Crippen LogP contribution in [-0.2, 0) is 73.5 Å². The fraction of sp³-hybridized carbons (Fsp3) is 0.262. The summed E-state index contributed by atoms with van der Waals surface area (Å²) in [7, 11) is 10.3. The molecule has 0 radical (unpaired) electrons. The van der Waals surface area contributed by atoms with Crippen LogP contribution in [0.25, 0.3) is 0 Å². The summed E-state index contributed by atoms with van der Waals surface area (Å²) in [5.74, 6) is 8.15. The Morgan fingerprint density at radius 2 is 0.734 bits per heavy atom. The molecule has 0 spiro atoms. The maximum absolute atomic E-state index is 9.84. The molecule has 668 valence electrons. The van der Waals surface area contributed by atoms with E-state index < -0.39 is 0 Å². The molecule has 0 aliphatic heterocycles. The summed E-state index contributed by atoms with van der Waals surface area (Å²) in [4.78, 5) is 40.8. The molecule has 9 aromatic carbocycles. The molecule has 0 atom stereocenters. The molecule has 3 N–H and O–H groups in total. The van der Waals surface area contributed by atoms with E-state index in [0.29, 0.717) is 70.4 Å². The van der Waals surface area contributed by atoms with Gasteiger partial charge in [-0.3, -0.25) is 9.97 Å². The molecule has 6 heterocycles.